The minimum absolute atomic E-state index is 0.200. The average molecular weight is 393 g/mol. The van der Waals surface area contributed by atoms with Gasteiger partial charge in [-0.3, -0.25) is 4.98 Å². The highest BCUT2D eigenvalue weighted by Gasteiger charge is 2.22. The van der Waals surface area contributed by atoms with E-state index in [1.165, 1.54) is 0 Å². The van der Waals surface area contributed by atoms with Gasteiger partial charge in [0.05, 0.1) is 17.8 Å². The van der Waals surface area contributed by atoms with Gasteiger partial charge in [-0.1, -0.05) is 60.7 Å². The summed E-state index contributed by atoms with van der Waals surface area (Å²) in [5.41, 5.74) is 3.42. The Balaban J connectivity index is 1.71. The van der Waals surface area contributed by atoms with Crippen LogP contribution in [0.1, 0.15) is 21.7 Å². The van der Waals surface area contributed by atoms with Crippen molar-refractivity contribution in [1.29, 1.82) is 0 Å². The van der Waals surface area contributed by atoms with Crippen LogP contribution in [0.5, 0.6) is 0 Å². The average Bonchev–Trinajstić information content (AvgIpc) is 3.09. The van der Waals surface area contributed by atoms with Crippen LogP contribution in [-0.4, -0.2) is 25.6 Å². The first-order chi connectivity index (χ1) is 14.6. The number of pyridine rings is 1. The second-order valence-corrected chi connectivity index (χ2v) is 7.32. The predicted octanol–water partition coefficient (Wildman–Crippen LogP) is 5.31. The molecule has 0 saturated heterocycles. The standard InChI is InChI=1S/C25H19N3O2/c1-16-23(25(29)30)28(15-19-10-6-9-17-7-2-4-11-21(17)19)24(27-16)20-13-18-8-3-5-12-22(18)26-14-20/h2-14H,15H2,1H3,(H,29,30). The molecule has 1 N–H and O–H groups in total. The predicted molar refractivity (Wildman–Crippen MR) is 118 cm³/mol. The maximum absolute atomic E-state index is 12.1. The molecule has 0 saturated carbocycles. The van der Waals surface area contributed by atoms with E-state index >= 15 is 0 Å². The number of nitrogens with zero attached hydrogens (tertiary/aromatic N) is 3. The van der Waals surface area contributed by atoms with Crippen molar-refractivity contribution in [3.8, 4) is 11.4 Å². The molecule has 5 nitrogen and oxygen atoms in total. The summed E-state index contributed by atoms with van der Waals surface area (Å²) >= 11 is 0. The van der Waals surface area contributed by atoms with Gasteiger partial charge >= 0.3 is 5.97 Å². The molecule has 2 heterocycles. The van der Waals surface area contributed by atoms with Gasteiger partial charge in [0, 0.05) is 17.1 Å². The molecule has 30 heavy (non-hydrogen) atoms. The molecule has 0 amide bonds. The maximum Gasteiger partial charge on any atom is 0.354 e. The van der Waals surface area contributed by atoms with Crippen LogP contribution < -0.4 is 0 Å². The molecule has 0 bridgehead atoms. The lowest BCUT2D eigenvalue weighted by Crippen LogP contribution is -2.12. The molecule has 0 fully saturated rings. The molecule has 0 radical (unpaired) electrons. The maximum atomic E-state index is 12.1. The topological polar surface area (TPSA) is 68.0 Å². The minimum atomic E-state index is -0.986. The van der Waals surface area contributed by atoms with E-state index in [9.17, 15) is 9.90 Å². The van der Waals surface area contributed by atoms with E-state index < -0.39 is 5.97 Å². The number of carbonyl (C=O) groups is 1. The Labute approximate surface area is 173 Å². The van der Waals surface area contributed by atoms with Crippen LogP contribution in [0.25, 0.3) is 33.1 Å². The molecule has 0 aliphatic heterocycles. The highest BCUT2D eigenvalue weighted by atomic mass is 16.4. The second-order valence-electron chi connectivity index (χ2n) is 7.32. The number of carboxylic acids is 1. The Bertz CT molecular complexity index is 1410. The molecule has 0 atom stereocenters. The van der Waals surface area contributed by atoms with Gasteiger partial charge in [0.15, 0.2) is 5.69 Å². The number of benzene rings is 3. The number of aromatic nitrogens is 3. The SMILES string of the molecule is Cc1nc(-c2cnc3ccccc3c2)n(Cc2cccc3ccccc23)c1C(=O)O. The zero-order chi connectivity index (χ0) is 20.7. The van der Waals surface area contributed by atoms with Crippen molar-refractivity contribution in [2.45, 2.75) is 13.5 Å². The molecule has 0 spiro atoms. The third kappa shape index (κ3) is 3.01. The lowest BCUT2D eigenvalue weighted by molar-refractivity contribution is 0.0685. The van der Waals surface area contributed by atoms with Crippen LogP contribution in [0, 0.1) is 6.92 Å². The Hall–Kier alpha value is -3.99. The van der Waals surface area contributed by atoms with Crippen LogP contribution in [0.4, 0.5) is 0 Å². The molecular formula is C25H19N3O2. The third-order valence-electron chi connectivity index (χ3n) is 5.40. The van der Waals surface area contributed by atoms with E-state index in [1.807, 2.05) is 54.6 Å². The molecule has 0 aliphatic carbocycles. The van der Waals surface area contributed by atoms with Gasteiger partial charge in [-0.25, -0.2) is 9.78 Å². The Morgan fingerprint density at radius 1 is 0.967 bits per heavy atom. The molecule has 2 aromatic heterocycles. The van der Waals surface area contributed by atoms with Crippen LogP contribution in [0.2, 0.25) is 0 Å². The first kappa shape index (κ1) is 18.1. The fourth-order valence-electron chi connectivity index (χ4n) is 4.01. The van der Waals surface area contributed by atoms with E-state index in [2.05, 4.69) is 28.2 Å². The number of para-hydroxylation sites is 1. The lowest BCUT2D eigenvalue weighted by Gasteiger charge is -2.13. The largest absolute Gasteiger partial charge is 0.477 e. The zero-order valence-corrected chi connectivity index (χ0v) is 16.4. The third-order valence-corrected chi connectivity index (χ3v) is 5.40. The van der Waals surface area contributed by atoms with E-state index in [1.54, 1.807) is 17.7 Å². The Morgan fingerprint density at radius 2 is 1.70 bits per heavy atom. The highest BCUT2D eigenvalue weighted by Crippen LogP contribution is 2.28. The lowest BCUT2D eigenvalue weighted by atomic mass is 10.0. The van der Waals surface area contributed by atoms with Crippen molar-refractivity contribution >= 4 is 27.6 Å². The number of carboxylic acid groups (broad SMARTS) is 1. The van der Waals surface area contributed by atoms with Crippen LogP contribution in [-0.2, 0) is 6.54 Å². The fraction of sp³-hybridized carbons (Fsp3) is 0.0800. The van der Waals surface area contributed by atoms with E-state index in [0.717, 1.165) is 32.8 Å². The van der Waals surface area contributed by atoms with Gasteiger partial charge < -0.3 is 9.67 Å². The summed E-state index contributed by atoms with van der Waals surface area (Å²) < 4.78 is 1.78. The summed E-state index contributed by atoms with van der Waals surface area (Å²) in [6, 6.07) is 24.1. The highest BCUT2D eigenvalue weighted by molar-refractivity contribution is 5.90. The monoisotopic (exact) mass is 393 g/mol. The summed E-state index contributed by atoms with van der Waals surface area (Å²) in [5.74, 6) is -0.378. The molecule has 0 aliphatic rings. The fourth-order valence-corrected chi connectivity index (χ4v) is 4.01. The molecular weight excluding hydrogens is 374 g/mol. The van der Waals surface area contributed by atoms with Crippen LogP contribution >= 0.6 is 0 Å². The Morgan fingerprint density at radius 3 is 2.53 bits per heavy atom. The van der Waals surface area contributed by atoms with Crippen molar-refractivity contribution in [3.05, 3.63) is 95.9 Å². The molecule has 0 unspecified atom stereocenters. The first-order valence-corrected chi connectivity index (χ1v) is 9.74. The first-order valence-electron chi connectivity index (χ1n) is 9.74. The smallest absolute Gasteiger partial charge is 0.354 e. The van der Waals surface area contributed by atoms with Gasteiger partial charge in [0.2, 0.25) is 0 Å². The molecule has 3 aromatic carbocycles. The van der Waals surface area contributed by atoms with Gasteiger partial charge in [0.25, 0.3) is 0 Å². The summed E-state index contributed by atoms with van der Waals surface area (Å²) in [5, 5.41) is 13.1. The van der Waals surface area contributed by atoms with Gasteiger partial charge in [-0.15, -0.1) is 0 Å². The van der Waals surface area contributed by atoms with Gasteiger partial charge in [-0.2, -0.15) is 0 Å². The van der Waals surface area contributed by atoms with Gasteiger partial charge in [0.1, 0.15) is 5.82 Å². The summed E-state index contributed by atoms with van der Waals surface area (Å²) in [6.07, 6.45) is 1.76. The van der Waals surface area contributed by atoms with E-state index in [4.69, 9.17) is 0 Å². The number of imidazole rings is 1. The minimum Gasteiger partial charge on any atom is -0.477 e. The van der Waals surface area contributed by atoms with Crippen molar-refractivity contribution in [3.63, 3.8) is 0 Å². The number of rotatable bonds is 4. The normalized spacial score (nSPS) is 11.2. The second kappa shape index (κ2) is 7.12. The number of hydrogen-bond donors (Lipinski definition) is 1. The summed E-state index contributed by atoms with van der Waals surface area (Å²) in [4.78, 5) is 21.2. The quantitative estimate of drug-likeness (QED) is 0.449. The van der Waals surface area contributed by atoms with E-state index in [0.29, 0.717) is 18.1 Å². The van der Waals surface area contributed by atoms with Crippen molar-refractivity contribution in [2.75, 3.05) is 0 Å². The number of aromatic carboxylic acids is 1. The van der Waals surface area contributed by atoms with Crippen molar-refractivity contribution < 1.29 is 9.90 Å². The molecule has 146 valence electrons. The number of fused-ring (bicyclic) bond motifs is 2. The van der Waals surface area contributed by atoms with E-state index in [-0.39, 0.29) is 5.69 Å². The van der Waals surface area contributed by atoms with Gasteiger partial charge in [-0.05, 0) is 35.4 Å². The van der Waals surface area contributed by atoms with Crippen LogP contribution in [0.3, 0.4) is 0 Å². The van der Waals surface area contributed by atoms with Crippen LogP contribution in [0.15, 0.2) is 79.0 Å². The molecule has 5 heteroatoms. The van der Waals surface area contributed by atoms with Crippen molar-refractivity contribution in [2.24, 2.45) is 0 Å². The number of hydrogen-bond acceptors (Lipinski definition) is 3. The molecule has 5 aromatic rings. The summed E-state index contributed by atoms with van der Waals surface area (Å²) in [7, 11) is 0. The zero-order valence-electron chi connectivity index (χ0n) is 16.4. The summed E-state index contributed by atoms with van der Waals surface area (Å²) in [6.45, 7) is 2.15. The van der Waals surface area contributed by atoms with Crippen molar-refractivity contribution in [1.82, 2.24) is 14.5 Å². The molecule has 5 rings (SSSR count). The number of aryl methyl sites for hydroxylation is 1. The Kier molecular flexibility index (Phi) is 4.29.